The first-order valence-corrected chi connectivity index (χ1v) is 19.4. The number of carbonyl (C=O) groups is 1. The van der Waals surface area contributed by atoms with Gasteiger partial charge in [-0.05, 0) is 40.7 Å². The third-order valence-electron chi connectivity index (χ3n) is 5.35. The molecule has 1 aromatic heterocycles. The molecule has 1 aliphatic carbocycles. The van der Waals surface area contributed by atoms with Crippen LogP contribution in [0.5, 0.6) is 0 Å². The largest absolute Gasteiger partial charge is 0.490 e. The second kappa shape index (κ2) is 17.2. The van der Waals surface area contributed by atoms with E-state index < -0.39 is 48.4 Å². The molecule has 0 radical (unpaired) electrons. The smallest absolute Gasteiger partial charge is 0.390 e. The first kappa shape index (κ1) is 36.6. The van der Waals surface area contributed by atoms with E-state index in [4.69, 9.17) is 14.5 Å². The Morgan fingerprint density at radius 2 is 1.86 bits per heavy atom. The first-order chi connectivity index (χ1) is 20.7. The Morgan fingerprint density at radius 1 is 1.09 bits per heavy atom. The molecule has 20 heteroatoms. The van der Waals surface area contributed by atoms with Crippen LogP contribution in [0.1, 0.15) is 12.8 Å². The van der Waals surface area contributed by atoms with E-state index in [1.807, 2.05) is 18.2 Å². The predicted molar refractivity (Wildman–Crippen MR) is 162 cm³/mol. The lowest BCUT2D eigenvalue weighted by atomic mass is 10.0. The van der Waals surface area contributed by atoms with E-state index in [1.165, 1.54) is 21.6 Å². The highest BCUT2D eigenvalue weighted by Crippen LogP contribution is 2.66. The second-order valence-corrected chi connectivity index (χ2v) is 15.6. The van der Waals surface area contributed by atoms with Crippen LogP contribution in [0, 0.1) is 11.8 Å². The SMILES string of the molecule is O=C(CCSSc1ccccn1)NCC#CC1=C/C=C\C=C(\C2CC(O)C(COP(=O)(O)OP(=O)(O)OP(=O)(O)O)O2)C=C1. The second-order valence-electron chi connectivity index (χ2n) is 8.76. The number of phosphoric acid groups is 3. The standard InChI is InChI=1S/C24H29N2O13P3S2/c27-20-16-21(37-22(20)17-36-41(32,33)39-42(34,35)38-40(29,30)31)19-8-2-1-6-18(10-11-19)7-5-14-25-23(28)12-15-43-44-24-9-3-4-13-26-24/h1-4,6,8-11,13,20-22,27H,12,14-17H2,(H,25,28)(H,32,33)(H,34,35)(H2,29,30,31)/b2-1-,6-1?,8-2?,11-10?,18-6?,18-10?,19-8+,19-11?. The molecule has 1 saturated heterocycles. The first-order valence-electron chi connectivity index (χ1n) is 12.6. The van der Waals surface area contributed by atoms with E-state index in [1.54, 1.807) is 42.7 Å². The van der Waals surface area contributed by atoms with E-state index in [0.29, 0.717) is 23.3 Å². The normalized spacial score (nSPS) is 24.7. The molecule has 1 aromatic rings. The molecular weight excluding hydrogens is 681 g/mol. The molecule has 1 fully saturated rings. The van der Waals surface area contributed by atoms with Gasteiger partial charge >= 0.3 is 23.5 Å². The lowest BCUT2D eigenvalue weighted by Gasteiger charge is -2.19. The molecule has 2 heterocycles. The quantitative estimate of drug-likeness (QED) is 0.0705. The van der Waals surface area contributed by atoms with Gasteiger partial charge in [0.05, 0.1) is 25.4 Å². The van der Waals surface area contributed by atoms with E-state index in [-0.39, 0.29) is 18.9 Å². The van der Waals surface area contributed by atoms with Crippen molar-refractivity contribution in [2.45, 2.75) is 36.2 Å². The summed E-state index contributed by atoms with van der Waals surface area (Å²) in [7, 11) is -13.5. The van der Waals surface area contributed by atoms with Crippen molar-refractivity contribution in [1.29, 1.82) is 0 Å². The van der Waals surface area contributed by atoms with E-state index in [0.717, 1.165) is 5.03 Å². The van der Waals surface area contributed by atoms with Gasteiger partial charge in [0.25, 0.3) is 0 Å². The summed E-state index contributed by atoms with van der Waals surface area (Å²) in [5, 5.41) is 14.0. The predicted octanol–water partition coefficient (Wildman–Crippen LogP) is 3.17. The van der Waals surface area contributed by atoms with Crippen molar-refractivity contribution in [1.82, 2.24) is 10.3 Å². The molecule has 0 bridgehead atoms. The number of pyridine rings is 1. The van der Waals surface area contributed by atoms with Crippen LogP contribution in [0.3, 0.4) is 0 Å². The average molecular weight is 711 g/mol. The third kappa shape index (κ3) is 14.1. The zero-order valence-corrected chi connectivity index (χ0v) is 27.0. The van der Waals surface area contributed by atoms with Gasteiger partial charge in [-0.1, -0.05) is 53.0 Å². The van der Waals surface area contributed by atoms with Crippen LogP contribution in [-0.4, -0.2) is 72.8 Å². The summed E-state index contributed by atoms with van der Waals surface area (Å²) in [4.78, 5) is 52.3. The van der Waals surface area contributed by atoms with Crippen molar-refractivity contribution < 1.29 is 61.1 Å². The van der Waals surface area contributed by atoms with Gasteiger partial charge in [-0.3, -0.25) is 9.32 Å². The van der Waals surface area contributed by atoms with Crippen molar-refractivity contribution in [2.24, 2.45) is 0 Å². The summed E-state index contributed by atoms with van der Waals surface area (Å²) in [6.07, 6.45) is 9.50. The lowest BCUT2D eigenvalue weighted by Crippen LogP contribution is -2.26. The minimum absolute atomic E-state index is 0.0733. The van der Waals surface area contributed by atoms with Crippen LogP contribution < -0.4 is 5.32 Å². The molecule has 15 nitrogen and oxygen atoms in total. The fourth-order valence-electron chi connectivity index (χ4n) is 3.50. The fourth-order valence-corrected chi connectivity index (χ4v) is 8.39. The number of aromatic nitrogens is 1. The Balaban J connectivity index is 1.43. The molecule has 0 saturated carbocycles. The molecule has 6 N–H and O–H groups in total. The summed E-state index contributed by atoms with van der Waals surface area (Å²) in [5.41, 5.74) is 1.26. The maximum absolute atomic E-state index is 12.1. The molecule has 44 heavy (non-hydrogen) atoms. The third-order valence-corrected chi connectivity index (χ3v) is 11.4. The van der Waals surface area contributed by atoms with Gasteiger partial charge in [-0.2, -0.15) is 8.62 Å². The Kier molecular flexibility index (Phi) is 14.3. The molecular formula is C24H29N2O13P3S2. The van der Waals surface area contributed by atoms with Crippen LogP contribution in [0.15, 0.2) is 77.0 Å². The number of nitrogens with zero attached hydrogens (tertiary/aromatic N) is 1. The highest BCUT2D eigenvalue weighted by atomic mass is 33.1. The highest BCUT2D eigenvalue weighted by molar-refractivity contribution is 8.76. The topological polar surface area (TPSA) is 231 Å². The van der Waals surface area contributed by atoms with Crippen molar-refractivity contribution in [3.63, 3.8) is 0 Å². The minimum atomic E-state index is -5.66. The van der Waals surface area contributed by atoms with Gasteiger partial charge in [0.1, 0.15) is 11.1 Å². The number of aliphatic hydroxyl groups excluding tert-OH is 1. The zero-order valence-electron chi connectivity index (χ0n) is 22.6. The fraction of sp³-hybridized carbons (Fsp3) is 0.333. The van der Waals surface area contributed by atoms with Gasteiger partial charge in [0, 0.05) is 30.4 Å². The summed E-state index contributed by atoms with van der Waals surface area (Å²) in [5.74, 6) is 6.34. The van der Waals surface area contributed by atoms with Gasteiger partial charge in [-0.15, -0.1) is 0 Å². The minimum Gasteiger partial charge on any atom is -0.390 e. The number of hydrogen-bond donors (Lipinski definition) is 6. The maximum Gasteiger partial charge on any atom is 0.490 e. The highest BCUT2D eigenvalue weighted by Gasteiger charge is 2.42. The van der Waals surface area contributed by atoms with Crippen LogP contribution in [0.4, 0.5) is 0 Å². The number of phosphoric ester groups is 1. The zero-order chi connectivity index (χ0) is 32.2. The van der Waals surface area contributed by atoms with Gasteiger partial charge in [0.2, 0.25) is 5.91 Å². The van der Waals surface area contributed by atoms with E-state index in [2.05, 4.69) is 35.3 Å². The number of rotatable bonds is 14. The number of amides is 1. The summed E-state index contributed by atoms with van der Waals surface area (Å²) >= 11 is 0. The van der Waals surface area contributed by atoms with Gasteiger partial charge in [0.15, 0.2) is 0 Å². The molecule has 240 valence electrons. The number of nitrogens with one attached hydrogen (secondary N) is 1. The Morgan fingerprint density at radius 3 is 2.59 bits per heavy atom. The van der Waals surface area contributed by atoms with Crippen molar-refractivity contribution in [2.75, 3.05) is 18.9 Å². The molecule has 3 rings (SSSR count). The van der Waals surface area contributed by atoms with Gasteiger partial charge in [-0.25, -0.2) is 18.7 Å². The van der Waals surface area contributed by atoms with Crippen LogP contribution in [-0.2, 0) is 36.4 Å². The Labute approximate surface area is 260 Å². The van der Waals surface area contributed by atoms with Crippen molar-refractivity contribution in [3.05, 3.63) is 72.0 Å². The monoisotopic (exact) mass is 710 g/mol. The van der Waals surface area contributed by atoms with Crippen LogP contribution >= 0.6 is 45.1 Å². The summed E-state index contributed by atoms with van der Waals surface area (Å²) in [6.45, 7) is -0.609. The molecule has 0 spiro atoms. The van der Waals surface area contributed by atoms with E-state index >= 15 is 0 Å². The lowest BCUT2D eigenvalue weighted by molar-refractivity contribution is -0.120. The number of aliphatic hydroxyl groups is 1. The Bertz CT molecular complexity index is 1490. The van der Waals surface area contributed by atoms with Crippen molar-refractivity contribution in [3.8, 4) is 11.8 Å². The number of allylic oxidation sites excluding steroid dienone is 6. The molecule has 1 aliphatic heterocycles. The van der Waals surface area contributed by atoms with E-state index in [9.17, 15) is 33.4 Å². The van der Waals surface area contributed by atoms with Crippen LogP contribution in [0.2, 0.25) is 0 Å². The molecule has 0 aromatic carbocycles. The number of hydrogen-bond acceptors (Lipinski definition) is 12. The average Bonchev–Trinajstić information content (AvgIpc) is 3.27. The Hall–Kier alpha value is -1.83. The molecule has 1 amide bonds. The van der Waals surface area contributed by atoms with Gasteiger partial charge < -0.3 is 34.7 Å². The molecule has 2 aliphatic rings. The van der Waals surface area contributed by atoms with Crippen LogP contribution in [0.25, 0.3) is 0 Å². The number of carbonyl (C=O) groups excluding carboxylic acids is 1. The molecule has 5 atom stereocenters. The summed E-state index contributed by atoms with van der Waals surface area (Å²) in [6, 6.07) is 5.63. The molecule has 5 unspecified atom stereocenters. The maximum atomic E-state index is 12.1. The van der Waals surface area contributed by atoms with Crippen molar-refractivity contribution >= 4 is 51.0 Å². The summed E-state index contributed by atoms with van der Waals surface area (Å²) < 4.78 is 51.8. The number of ether oxygens (including phenoxy) is 1.